The van der Waals surface area contributed by atoms with Crippen molar-refractivity contribution in [2.75, 3.05) is 19.6 Å². The summed E-state index contributed by atoms with van der Waals surface area (Å²) in [5.41, 5.74) is 0.369. The van der Waals surface area contributed by atoms with Gasteiger partial charge in [0.2, 0.25) is 0 Å². The SMILES string of the molecule is O=C(N[C@@H]1C[C@H]2CCN(C2)C1)c1ccc(-c2ccccc2F)o1. The summed E-state index contributed by atoms with van der Waals surface area (Å²) < 4.78 is 19.3. The molecular weight excluding hydrogens is 295 g/mol. The van der Waals surface area contributed by atoms with Crippen molar-refractivity contribution in [1.82, 2.24) is 10.2 Å². The van der Waals surface area contributed by atoms with Gasteiger partial charge in [-0.05, 0) is 49.6 Å². The molecule has 5 heteroatoms. The first-order valence-corrected chi connectivity index (χ1v) is 8.07. The molecule has 4 rings (SSSR count). The quantitative estimate of drug-likeness (QED) is 0.947. The van der Waals surface area contributed by atoms with Crippen molar-refractivity contribution in [2.45, 2.75) is 18.9 Å². The Morgan fingerprint density at radius 3 is 2.91 bits per heavy atom. The Morgan fingerprint density at radius 1 is 1.22 bits per heavy atom. The fourth-order valence-electron chi connectivity index (χ4n) is 3.69. The summed E-state index contributed by atoms with van der Waals surface area (Å²) in [5.74, 6) is 0.724. The zero-order valence-electron chi connectivity index (χ0n) is 12.8. The van der Waals surface area contributed by atoms with Crippen molar-refractivity contribution < 1.29 is 13.6 Å². The highest BCUT2D eigenvalue weighted by atomic mass is 19.1. The largest absolute Gasteiger partial charge is 0.451 e. The molecular formula is C18H19FN2O2. The molecule has 3 atom stereocenters. The highest BCUT2D eigenvalue weighted by Gasteiger charge is 2.33. The molecule has 3 heterocycles. The zero-order valence-corrected chi connectivity index (χ0v) is 12.8. The maximum atomic E-state index is 13.8. The van der Waals surface area contributed by atoms with E-state index in [1.54, 1.807) is 30.3 Å². The first-order chi connectivity index (χ1) is 11.2. The fraction of sp³-hybridized carbons (Fsp3) is 0.389. The number of nitrogens with zero attached hydrogens (tertiary/aromatic N) is 1. The summed E-state index contributed by atoms with van der Waals surface area (Å²) >= 11 is 0. The van der Waals surface area contributed by atoms with Crippen LogP contribution in [0, 0.1) is 11.7 Å². The molecule has 0 saturated carbocycles. The van der Waals surface area contributed by atoms with Gasteiger partial charge in [0.25, 0.3) is 5.91 Å². The van der Waals surface area contributed by atoms with Gasteiger partial charge >= 0.3 is 0 Å². The van der Waals surface area contributed by atoms with Crippen LogP contribution in [-0.4, -0.2) is 36.5 Å². The van der Waals surface area contributed by atoms with E-state index < -0.39 is 0 Å². The normalized spacial score (nSPS) is 26.2. The summed E-state index contributed by atoms with van der Waals surface area (Å²) in [4.78, 5) is 14.8. The summed E-state index contributed by atoms with van der Waals surface area (Å²) in [7, 11) is 0. The Bertz CT molecular complexity index is 715. The number of halogens is 1. The lowest BCUT2D eigenvalue weighted by atomic mass is 9.97. The maximum Gasteiger partial charge on any atom is 0.287 e. The molecule has 2 fully saturated rings. The van der Waals surface area contributed by atoms with Gasteiger partial charge in [-0.1, -0.05) is 12.1 Å². The molecule has 0 aliphatic carbocycles. The zero-order chi connectivity index (χ0) is 15.8. The van der Waals surface area contributed by atoms with Crippen LogP contribution in [0.2, 0.25) is 0 Å². The Labute approximate surface area is 134 Å². The van der Waals surface area contributed by atoms with Gasteiger partial charge in [-0.25, -0.2) is 4.39 Å². The monoisotopic (exact) mass is 314 g/mol. The fourth-order valence-corrected chi connectivity index (χ4v) is 3.69. The third-order valence-electron chi connectivity index (χ3n) is 4.77. The van der Waals surface area contributed by atoms with Crippen molar-refractivity contribution in [1.29, 1.82) is 0 Å². The van der Waals surface area contributed by atoms with E-state index in [1.165, 1.54) is 12.5 Å². The van der Waals surface area contributed by atoms with Crippen LogP contribution in [0.5, 0.6) is 0 Å². The van der Waals surface area contributed by atoms with Crippen LogP contribution in [0.15, 0.2) is 40.8 Å². The van der Waals surface area contributed by atoms with Gasteiger partial charge < -0.3 is 14.6 Å². The van der Waals surface area contributed by atoms with Crippen LogP contribution in [0.3, 0.4) is 0 Å². The molecule has 0 radical (unpaired) electrons. The lowest BCUT2D eigenvalue weighted by molar-refractivity contribution is 0.0882. The van der Waals surface area contributed by atoms with E-state index in [2.05, 4.69) is 10.2 Å². The molecule has 1 aromatic heterocycles. The smallest absolute Gasteiger partial charge is 0.287 e. The van der Waals surface area contributed by atoms with E-state index in [9.17, 15) is 9.18 Å². The topological polar surface area (TPSA) is 45.5 Å². The number of amides is 1. The van der Waals surface area contributed by atoms with Crippen molar-refractivity contribution >= 4 is 5.91 Å². The Morgan fingerprint density at radius 2 is 2.09 bits per heavy atom. The van der Waals surface area contributed by atoms with E-state index in [0.29, 0.717) is 17.2 Å². The van der Waals surface area contributed by atoms with Crippen LogP contribution < -0.4 is 5.32 Å². The molecule has 1 aromatic carbocycles. The predicted molar refractivity (Wildman–Crippen MR) is 84.5 cm³/mol. The van der Waals surface area contributed by atoms with E-state index >= 15 is 0 Å². The second-order valence-electron chi connectivity index (χ2n) is 6.46. The second kappa shape index (κ2) is 5.81. The molecule has 1 unspecified atom stereocenters. The van der Waals surface area contributed by atoms with Crippen molar-refractivity contribution in [3.63, 3.8) is 0 Å². The minimum Gasteiger partial charge on any atom is -0.451 e. The Kier molecular flexibility index (Phi) is 3.65. The first-order valence-electron chi connectivity index (χ1n) is 8.07. The van der Waals surface area contributed by atoms with Crippen LogP contribution in [0.25, 0.3) is 11.3 Å². The molecule has 2 aliphatic heterocycles. The number of nitrogens with one attached hydrogen (secondary N) is 1. The van der Waals surface area contributed by atoms with Gasteiger partial charge in [-0.2, -0.15) is 0 Å². The van der Waals surface area contributed by atoms with Gasteiger partial charge in [-0.15, -0.1) is 0 Å². The molecule has 4 nitrogen and oxygen atoms in total. The van der Waals surface area contributed by atoms with Crippen molar-refractivity contribution in [3.05, 3.63) is 48.0 Å². The number of furan rings is 1. The highest BCUT2D eigenvalue weighted by Crippen LogP contribution is 2.28. The predicted octanol–water partition coefficient (Wildman–Crippen LogP) is 2.91. The number of carbonyl (C=O) groups is 1. The number of rotatable bonds is 3. The summed E-state index contributed by atoms with van der Waals surface area (Å²) in [6.45, 7) is 3.20. The van der Waals surface area contributed by atoms with Crippen LogP contribution in [0.1, 0.15) is 23.4 Å². The Hall–Kier alpha value is -2.14. The highest BCUT2D eigenvalue weighted by molar-refractivity contribution is 5.92. The van der Waals surface area contributed by atoms with Gasteiger partial charge in [0.1, 0.15) is 11.6 Å². The van der Waals surface area contributed by atoms with Crippen molar-refractivity contribution in [2.24, 2.45) is 5.92 Å². The summed E-state index contributed by atoms with van der Waals surface area (Å²) in [6, 6.07) is 9.81. The summed E-state index contributed by atoms with van der Waals surface area (Å²) in [6.07, 6.45) is 2.26. The number of hydrogen-bond donors (Lipinski definition) is 1. The maximum absolute atomic E-state index is 13.8. The van der Waals surface area contributed by atoms with E-state index in [4.69, 9.17) is 4.42 Å². The van der Waals surface area contributed by atoms with Crippen LogP contribution in [-0.2, 0) is 0 Å². The average Bonchev–Trinajstić information content (AvgIpc) is 3.15. The number of fused-ring (bicyclic) bond motifs is 2. The molecule has 2 bridgehead atoms. The molecule has 2 saturated heterocycles. The lowest BCUT2D eigenvalue weighted by Crippen LogP contribution is -2.46. The number of benzene rings is 1. The van der Waals surface area contributed by atoms with E-state index in [-0.39, 0.29) is 23.5 Å². The number of hydrogen-bond acceptors (Lipinski definition) is 3. The minimum absolute atomic E-state index is 0.172. The minimum atomic E-state index is -0.356. The van der Waals surface area contributed by atoms with E-state index in [1.807, 2.05) is 0 Å². The molecule has 2 aliphatic rings. The van der Waals surface area contributed by atoms with E-state index in [0.717, 1.165) is 26.1 Å². The first kappa shape index (κ1) is 14.5. The van der Waals surface area contributed by atoms with Gasteiger partial charge in [-0.3, -0.25) is 4.79 Å². The molecule has 23 heavy (non-hydrogen) atoms. The molecule has 2 aromatic rings. The molecule has 1 N–H and O–H groups in total. The third kappa shape index (κ3) is 2.88. The van der Waals surface area contributed by atoms with Crippen LogP contribution >= 0.6 is 0 Å². The van der Waals surface area contributed by atoms with Crippen LogP contribution in [0.4, 0.5) is 4.39 Å². The Balaban J connectivity index is 1.46. The average molecular weight is 314 g/mol. The third-order valence-corrected chi connectivity index (χ3v) is 4.77. The second-order valence-corrected chi connectivity index (χ2v) is 6.46. The molecule has 120 valence electrons. The number of carbonyl (C=O) groups excluding carboxylic acids is 1. The number of piperidine rings is 1. The van der Waals surface area contributed by atoms with Gasteiger partial charge in [0.05, 0.1) is 5.56 Å². The van der Waals surface area contributed by atoms with Gasteiger partial charge in [0.15, 0.2) is 5.76 Å². The lowest BCUT2D eigenvalue weighted by Gasteiger charge is -2.30. The van der Waals surface area contributed by atoms with Gasteiger partial charge in [0, 0.05) is 19.1 Å². The standard InChI is InChI=1S/C18H19FN2O2/c19-15-4-2-1-3-14(15)16-5-6-17(23-16)18(22)20-13-9-12-7-8-21(10-12)11-13/h1-6,12-13H,7-11H2,(H,20,22)/t12-,13-/m1/s1. The molecule has 1 amide bonds. The molecule has 0 spiro atoms. The van der Waals surface area contributed by atoms with Crippen molar-refractivity contribution in [3.8, 4) is 11.3 Å². The summed E-state index contributed by atoms with van der Waals surface area (Å²) in [5, 5.41) is 3.05.